The summed E-state index contributed by atoms with van der Waals surface area (Å²) < 4.78 is 21.4. The number of amides is 4. The highest BCUT2D eigenvalue weighted by molar-refractivity contribution is 6.05. The predicted octanol–water partition coefficient (Wildman–Crippen LogP) is 7.40. The van der Waals surface area contributed by atoms with Crippen LogP contribution in [0.4, 0.5) is 26.2 Å². The minimum Gasteiger partial charge on any atom is -0.372 e. The van der Waals surface area contributed by atoms with Crippen LogP contribution in [0.1, 0.15) is 80.6 Å². The highest BCUT2D eigenvalue weighted by atomic mass is 19.1. The fourth-order valence-electron chi connectivity index (χ4n) is 9.03. The molecule has 6 aromatic rings. The van der Waals surface area contributed by atoms with Crippen molar-refractivity contribution < 1.29 is 23.3 Å². The first-order valence-electron chi connectivity index (χ1n) is 22.1. The molecule has 3 aliphatic heterocycles. The number of pyridine rings is 1. The minimum atomic E-state index is -0.526. The molecule has 15 nitrogen and oxygen atoms in total. The van der Waals surface area contributed by atoms with Crippen LogP contribution >= 0.6 is 0 Å². The van der Waals surface area contributed by atoms with Crippen LogP contribution in [0.15, 0.2) is 77.4 Å². The van der Waals surface area contributed by atoms with E-state index in [0.29, 0.717) is 58.1 Å². The van der Waals surface area contributed by atoms with Gasteiger partial charge in [-0.2, -0.15) is 10.1 Å². The zero-order chi connectivity index (χ0) is 44.7. The lowest BCUT2D eigenvalue weighted by molar-refractivity contribution is -0.120. The van der Waals surface area contributed by atoms with Crippen LogP contribution in [0.3, 0.4) is 0 Å². The first-order valence-corrected chi connectivity index (χ1v) is 22.1. The molecule has 3 fully saturated rings. The molecule has 64 heavy (non-hydrogen) atoms. The van der Waals surface area contributed by atoms with E-state index in [4.69, 9.17) is 4.52 Å². The monoisotopic (exact) mass is 867 g/mol. The van der Waals surface area contributed by atoms with E-state index in [1.165, 1.54) is 11.4 Å². The maximum atomic E-state index is 16.2. The third-order valence-electron chi connectivity index (χ3n) is 12.9. The summed E-state index contributed by atoms with van der Waals surface area (Å²) in [5, 5.41) is 17.3. The number of aromatic nitrogens is 5. The van der Waals surface area contributed by atoms with Crippen molar-refractivity contribution in [3.63, 3.8) is 0 Å². The lowest BCUT2D eigenvalue weighted by atomic mass is 9.95. The number of benzene rings is 3. The fraction of sp³-hybridized carbons (Fsp3) is 0.396. The Bertz CT molecular complexity index is 2670. The molecule has 332 valence electrons. The van der Waals surface area contributed by atoms with Gasteiger partial charge in [-0.15, -0.1) is 0 Å². The number of aromatic amines is 1. The van der Waals surface area contributed by atoms with Gasteiger partial charge >= 0.3 is 17.8 Å². The average Bonchev–Trinajstić information content (AvgIpc) is 3.97. The lowest BCUT2D eigenvalue weighted by Gasteiger charge is -2.40. The number of imide groups is 1. The number of anilines is 3. The number of carbonyl (C=O) groups excluding carboxylic acids is 3. The Balaban J connectivity index is 0.780. The number of urea groups is 1. The molecule has 4 amide bonds. The number of carbonyl (C=O) groups is 3. The van der Waals surface area contributed by atoms with Crippen LogP contribution in [-0.2, 0) is 10.2 Å². The van der Waals surface area contributed by atoms with Crippen LogP contribution in [0.25, 0.3) is 33.4 Å². The van der Waals surface area contributed by atoms with E-state index in [1.807, 2.05) is 45.0 Å². The number of piperidine rings is 1. The van der Waals surface area contributed by atoms with Crippen molar-refractivity contribution in [3.05, 3.63) is 102 Å². The van der Waals surface area contributed by atoms with Gasteiger partial charge in [-0.25, -0.2) is 14.2 Å². The third-order valence-corrected chi connectivity index (χ3v) is 12.9. The van der Waals surface area contributed by atoms with E-state index >= 15 is 4.39 Å². The van der Waals surface area contributed by atoms with Crippen LogP contribution < -0.4 is 25.3 Å². The number of halogens is 1. The number of piperazine rings is 1. The van der Waals surface area contributed by atoms with Gasteiger partial charge < -0.3 is 19.6 Å². The molecule has 6 heterocycles. The molecular formula is C48H54FN11O4. The Labute approximate surface area is 371 Å². The SMILES string of the molecule is Cc1c([C@@H](C)NC(=O)c2nc(C(C)(C)C)no2)ccc(-c2[nH]nc3ncc(-c4ccc(N5CCN(CC6CCN(c7ccc(N8CCC(=O)NC8=O)cc7)CC6)CC5)cc4)cc23)c1F. The molecule has 3 saturated heterocycles. The van der Waals surface area contributed by atoms with Gasteiger partial charge in [0.05, 0.1) is 11.7 Å². The summed E-state index contributed by atoms with van der Waals surface area (Å²) >= 11 is 0. The van der Waals surface area contributed by atoms with Crippen molar-refractivity contribution in [2.45, 2.75) is 65.3 Å². The Morgan fingerprint density at radius 2 is 1.56 bits per heavy atom. The molecule has 3 aromatic heterocycles. The van der Waals surface area contributed by atoms with Crippen molar-refractivity contribution in [1.82, 2.24) is 40.9 Å². The van der Waals surface area contributed by atoms with Crippen molar-refractivity contribution in [2.75, 3.05) is 67.1 Å². The molecule has 0 radical (unpaired) electrons. The van der Waals surface area contributed by atoms with E-state index in [0.717, 1.165) is 75.5 Å². The van der Waals surface area contributed by atoms with Crippen molar-refractivity contribution in [2.24, 2.45) is 5.92 Å². The van der Waals surface area contributed by atoms with Gasteiger partial charge in [0.25, 0.3) is 0 Å². The number of hydrogen-bond donors (Lipinski definition) is 3. The normalized spacial score (nSPS) is 17.2. The summed E-state index contributed by atoms with van der Waals surface area (Å²) in [5.41, 5.74) is 7.11. The van der Waals surface area contributed by atoms with E-state index in [2.05, 4.69) is 87.1 Å². The summed E-state index contributed by atoms with van der Waals surface area (Å²) in [5.74, 6) is -0.212. The molecule has 0 spiro atoms. The van der Waals surface area contributed by atoms with Crippen LogP contribution in [0.5, 0.6) is 0 Å². The number of rotatable bonds is 10. The van der Waals surface area contributed by atoms with Gasteiger partial charge in [-0.3, -0.25) is 29.8 Å². The molecule has 0 saturated carbocycles. The van der Waals surface area contributed by atoms with E-state index in [1.54, 1.807) is 31.0 Å². The van der Waals surface area contributed by atoms with E-state index in [-0.39, 0.29) is 23.2 Å². The van der Waals surface area contributed by atoms with Crippen molar-refractivity contribution in [3.8, 4) is 22.4 Å². The molecule has 3 aliphatic rings. The summed E-state index contributed by atoms with van der Waals surface area (Å²) in [6, 6.07) is 21.3. The second-order valence-electron chi connectivity index (χ2n) is 18.2. The summed E-state index contributed by atoms with van der Waals surface area (Å²) in [6.45, 7) is 16.8. The van der Waals surface area contributed by atoms with Gasteiger partial charge in [-0.1, -0.05) is 44.1 Å². The van der Waals surface area contributed by atoms with E-state index < -0.39 is 17.8 Å². The quantitative estimate of drug-likeness (QED) is 0.126. The number of fused-ring (bicyclic) bond motifs is 1. The number of hydrogen-bond acceptors (Lipinski definition) is 11. The van der Waals surface area contributed by atoms with Crippen molar-refractivity contribution in [1.29, 1.82) is 0 Å². The zero-order valence-corrected chi connectivity index (χ0v) is 36.9. The number of nitrogens with one attached hydrogen (secondary N) is 3. The zero-order valence-electron chi connectivity index (χ0n) is 36.9. The molecule has 16 heteroatoms. The largest absolute Gasteiger partial charge is 0.372 e. The maximum absolute atomic E-state index is 16.2. The molecule has 0 bridgehead atoms. The topological polar surface area (TPSA) is 169 Å². The fourth-order valence-corrected chi connectivity index (χ4v) is 9.03. The second-order valence-corrected chi connectivity index (χ2v) is 18.2. The Morgan fingerprint density at radius 1 is 0.891 bits per heavy atom. The van der Waals surface area contributed by atoms with Crippen LogP contribution in [0.2, 0.25) is 0 Å². The molecule has 3 N–H and O–H groups in total. The van der Waals surface area contributed by atoms with Crippen LogP contribution in [-0.4, -0.2) is 100 Å². The summed E-state index contributed by atoms with van der Waals surface area (Å²) in [7, 11) is 0. The molecular weight excluding hydrogens is 814 g/mol. The molecule has 0 unspecified atom stereocenters. The molecule has 0 aliphatic carbocycles. The highest BCUT2D eigenvalue weighted by Gasteiger charge is 2.28. The number of H-pyrrole nitrogens is 1. The highest BCUT2D eigenvalue weighted by Crippen LogP contribution is 2.35. The van der Waals surface area contributed by atoms with Crippen LogP contribution in [0, 0.1) is 18.7 Å². The minimum absolute atomic E-state index is 0.137. The van der Waals surface area contributed by atoms with Crippen molar-refractivity contribution >= 4 is 45.9 Å². The van der Waals surface area contributed by atoms with Gasteiger partial charge in [0.2, 0.25) is 5.91 Å². The number of nitrogens with zero attached hydrogens (tertiary/aromatic N) is 8. The van der Waals surface area contributed by atoms with Gasteiger partial charge in [-0.05, 0) is 97.8 Å². The molecule has 3 aromatic carbocycles. The first kappa shape index (κ1) is 42.6. The average molecular weight is 868 g/mol. The van der Waals surface area contributed by atoms with Gasteiger partial charge in [0, 0.05) is 104 Å². The lowest BCUT2D eigenvalue weighted by Crippen LogP contribution is -2.49. The Kier molecular flexibility index (Phi) is 11.6. The Hall–Kier alpha value is -6.68. The summed E-state index contributed by atoms with van der Waals surface area (Å²) in [4.78, 5) is 54.7. The third kappa shape index (κ3) is 8.78. The first-order chi connectivity index (χ1) is 30.8. The van der Waals surface area contributed by atoms with E-state index in [9.17, 15) is 14.4 Å². The van der Waals surface area contributed by atoms with Gasteiger partial charge in [0.15, 0.2) is 11.5 Å². The predicted molar refractivity (Wildman–Crippen MR) is 244 cm³/mol. The molecule has 9 rings (SSSR count). The van der Waals surface area contributed by atoms with Gasteiger partial charge in [0.1, 0.15) is 5.82 Å². The smallest absolute Gasteiger partial charge is 0.328 e. The Morgan fingerprint density at radius 3 is 2.23 bits per heavy atom. The second kappa shape index (κ2) is 17.5. The molecule has 1 atom stereocenters. The maximum Gasteiger partial charge on any atom is 0.328 e. The standard InChI is InChI=1S/C48H54FN11O4/c1-29-37(30(2)51-44(62)45-53-46(56-64-45)48(3,4)5)14-15-38(41(29)49)42-39-26-33(27-50-43(39)55-54-42)32-6-8-34(9-7-32)59-24-22-57(23-25-59)28-31-16-19-58(20-17-31)35-10-12-36(13-11-35)60-21-18-40(61)52-47(60)63/h6-15,26-27,30-31H,16-25,28H2,1-5H3,(H,51,62)(H,50,54,55)(H,52,61,63)/t30-/m1/s1. The summed E-state index contributed by atoms with van der Waals surface area (Å²) in [6.07, 6.45) is 4.40.